The lowest BCUT2D eigenvalue weighted by atomic mass is 10.3. The molecule has 0 aliphatic heterocycles. The van der Waals surface area contributed by atoms with Gasteiger partial charge in [0.25, 0.3) is 15.7 Å². The van der Waals surface area contributed by atoms with Gasteiger partial charge in [-0.05, 0) is 36.3 Å². The lowest BCUT2D eigenvalue weighted by Crippen LogP contribution is -2.13. The predicted octanol–water partition coefficient (Wildman–Crippen LogP) is 2.19. The number of anilines is 1. The highest BCUT2D eigenvalue weighted by molar-refractivity contribution is 7.98. The standard InChI is InChI=1S/C13H12N2O5S2/c1-21-10-4-2-3-9(7-10)14-22(19,20)11-5-6-13(16)12(8-11)15(17)18/h2-8,14,16H,1H3/p-1. The Labute approximate surface area is 131 Å². The van der Waals surface area contributed by atoms with Crippen molar-refractivity contribution in [1.82, 2.24) is 0 Å². The predicted molar refractivity (Wildman–Crippen MR) is 81.6 cm³/mol. The molecule has 0 radical (unpaired) electrons. The molecule has 22 heavy (non-hydrogen) atoms. The highest BCUT2D eigenvalue weighted by Crippen LogP contribution is 2.27. The first-order chi connectivity index (χ1) is 10.3. The monoisotopic (exact) mass is 339 g/mol. The van der Waals surface area contributed by atoms with E-state index in [4.69, 9.17) is 0 Å². The molecule has 0 saturated carbocycles. The van der Waals surface area contributed by atoms with Crippen LogP contribution in [0.4, 0.5) is 11.4 Å². The van der Waals surface area contributed by atoms with Crippen molar-refractivity contribution in [3.05, 3.63) is 52.6 Å². The zero-order valence-corrected chi connectivity index (χ0v) is 13.0. The molecule has 2 rings (SSSR count). The maximum absolute atomic E-state index is 12.2. The number of thioether (sulfide) groups is 1. The number of rotatable bonds is 5. The first-order valence-electron chi connectivity index (χ1n) is 5.96. The molecule has 2 aromatic carbocycles. The lowest BCUT2D eigenvalue weighted by Gasteiger charge is -2.11. The molecule has 0 spiro atoms. The van der Waals surface area contributed by atoms with Crippen molar-refractivity contribution in [2.24, 2.45) is 0 Å². The van der Waals surface area contributed by atoms with Crippen LogP contribution in [0.3, 0.4) is 0 Å². The van der Waals surface area contributed by atoms with Gasteiger partial charge in [-0.25, -0.2) is 8.42 Å². The Bertz CT molecular complexity index is 821. The van der Waals surface area contributed by atoms with E-state index < -0.39 is 26.4 Å². The number of hydrogen-bond acceptors (Lipinski definition) is 6. The molecule has 0 aromatic heterocycles. The van der Waals surface area contributed by atoms with Gasteiger partial charge in [0.05, 0.1) is 9.82 Å². The Morgan fingerprint density at radius 3 is 2.55 bits per heavy atom. The first-order valence-corrected chi connectivity index (χ1v) is 8.66. The Morgan fingerprint density at radius 1 is 1.18 bits per heavy atom. The van der Waals surface area contributed by atoms with Crippen LogP contribution in [0.15, 0.2) is 52.3 Å². The summed E-state index contributed by atoms with van der Waals surface area (Å²) >= 11 is 1.45. The van der Waals surface area contributed by atoms with Crippen molar-refractivity contribution >= 4 is 33.2 Å². The van der Waals surface area contributed by atoms with E-state index in [9.17, 15) is 23.6 Å². The van der Waals surface area contributed by atoms with Crippen molar-refractivity contribution in [1.29, 1.82) is 0 Å². The number of sulfonamides is 1. The summed E-state index contributed by atoms with van der Waals surface area (Å²) < 4.78 is 26.8. The van der Waals surface area contributed by atoms with E-state index in [0.29, 0.717) is 5.69 Å². The SMILES string of the molecule is CSc1cccc(NS(=O)(=O)c2ccc([O-])c([N+](=O)[O-])c2)c1. The van der Waals surface area contributed by atoms with E-state index in [1.807, 2.05) is 12.3 Å². The lowest BCUT2D eigenvalue weighted by molar-refractivity contribution is -0.398. The molecule has 116 valence electrons. The molecule has 0 unspecified atom stereocenters. The summed E-state index contributed by atoms with van der Waals surface area (Å²) in [6.45, 7) is 0. The third-order valence-electron chi connectivity index (χ3n) is 2.76. The number of nitrogens with zero attached hydrogens (tertiary/aromatic N) is 1. The molecule has 7 nitrogen and oxygen atoms in total. The topological polar surface area (TPSA) is 112 Å². The Balaban J connectivity index is 2.38. The van der Waals surface area contributed by atoms with Crippen LogP contribution in [0.1, 0.15) is 0 Å². The molecule has 0 fully saturated rings. The van der Waals surface area contributed by atoms with Gasteiger partial charge in [0.1, 0.15) is 0 Å². The number of hydrogen-bond donors (Lipinski definition) is 1. The van der Waals surface area contributed by atoms with Crippen LogP contribution < -0.4 is 9.83 Å². The molecular weight excluding hydrogens is 328 g/mol. The fraction of sp³-hybridized carbons (Fsp3) is 0.0769. The van der Waals surface area contributed by atoms with Crippen LogP contribution in [0, 0.1) is 10.1 Å². The van der Waals surface area contributed by atoms with Crippen molar-refractivity contribution in [3.8, 4) is 5.75 Å². The maximum atomic E-state index is 12.2. The van der Waals surface area contributed by atoms with Gasteiger partial charge in [-0.3, -0.25) is 14.8 Å². The third-order valence-corrected chi connectivity index (χ3v) is 4.86. The second-order valence-corrected chi connectivity index (χ2v) is 6.79. The number of nitro benzene ring substituents is 1. The summed E-state index contributed by atoms with van der Waals surface area (Å²) in [5, 5.41) is 22.1. The second kappa shape index (κ2) is 6.24. The summed E-state index contributed by atoms with van der Waals surface area (Å²) in [5.41, 5.74) is -0.443. The van der Waals surface area contributed by atoms with Gasteiger partial charge in [0.2, 0.25) is 0 Å². The third kappa shape index (κ3) is 3.49. The number of benzene rings is 2. The summed E-state index contributed by atoms with van der Waals surface area (Å²) in [4.78, 5) is 10.3. The maximum Gasteiger partial charge on any atom is 0.263 e. The van der Waals surface area contributed by atoms with Crippen LogP contribution in [0.2, 0.25) is 0 Å². The van der Waals surface area contributed by atoms with Crippen molar-refractivity contribution in [2.45, 2.75) is 9.79 Å². The molecular formula is C13H11N2O5S2-. The summed E-state index contributed by atoms with van der Waals surface area (Å²) in [6.07, 6.45) is 1.85. The molecule has 2 aromatic rings. The number of nitro groups is 1. The normalized spacial score (nSPS) is 11.1. The summed E-state index contributed by atoms with van der Waals surface area (Å²) in [5.74, 6) is -0.840. The van der Waals surface area contributed by atoms with Gasteiger partial charge in [0.15, 0.2) is 0 Å². The average Bonchev–Trinajstić information content (AvgIpc) is 2.46. The molecule has 0 heterocycles. The fourth-order valence-electron chi connectivity index (χ4n) is 1.71. The molecule has 0 aliphatic carbocycles. The van der Waals surface area contributed by atoms with Gasteiger partial charge < -0.3 is 5.11 Å². The van der Waals surface area contributed by atoms with E-state index in [-0.39, 0.29) is 4.90 Å². The minimum Gasteiger partial charge on any atom is -0.868 e. The van der Waals surface area contributed by atoms with E-state index in [1.165, 1.54) is 11.8 Å². The molecule has 9 heteroatoms. The molecule has 0 amide bonds. The van der Waals surface area contributed by atoms with Gasteiger partial charge in [-0.1, -0.05) is 12.1 Å². The Morgan fingerprint density at radius 2 is 1.91 bits per heavy atom. The van der Waals surface area contributed by atoms with Crippen molar-refractivity contribution in [3.63, 3.8) is 0 Å². The molecule has 0 saturated heterocycles. The fourth-order valence-corrected chi connectivity index (χ4v) is 3.24. The second-order valence-electron chi connectivity index (χ2n) is 4.22. The van der Waals surface area contributed by atoms with Gasteiger partial charge >= 0.3 is 0 Å². The quantitative estimate of drug-likeness (QED) is 0.507. The molecule has 0 aliphatic rings. The van der Waals surface area contributed by atoms with Crippen LogP contribution in [-0.4, -0.2) is 19.6 Å². The highest BCUT2D eigenvalue weighted by Gasteiger charge is 2.18. The van der Waals surface area contributed by atoms with Gasteiger partial charge in [-0.15, -0.1) is 11.8 Å². The minimum absolute atomic E-state index is 0.334. The summed E-state index contributed by atoms with van der Waals surface area (Å²) in [6, 6.07) is 9.36. The van der Waals surface area contributed by atoms with Gasteiger partial charge in [0, 0.05) is 16.6 Å². The van der Waals surface area contributed by atoms with E-state index >= 15 is 0 Å². The molecule has 0 bridgehead atoms. The molecule has 1 N–H and O–H groups in total. The van der Waals surface area contributed by atoms with Crippen LogP contribution in [0.25, 0.3) is 0 Å². The zero-order chi connectivity index (χ0) is 16.3. The average molecular weight is 339 g/mol. The Hall–Kier alpha value is -2.26. The van der Waals surface area contributed by atoms with Crippen molar-refractivity contribution < 1.29 is 18.4 Å². The minimum atomic E-state index is -4.01. The van der Waals surface area contributed by atoms with Crippen molar-refractivity contribution in [2.75, 3.05) is 11.0 Å². The van der Waals surface area contributed by atoms with E-state index in [1.54, 1.807) is 18.2 Å². The van der Waals surface area contributed by atoms with E-state index in [0.717, 1.165) is 23.1 Å². The smallest absolute Gasteiger partial charge is 0.263 e. The zero-order valence-electron chi connectivity index (χ0n) is 11.3. The first kappa shape index (κ1) is 16.1. The van der Waals surface area contributed by atoms with Gasteiger partial charge in [-0.2, -0.15) is 0 Å². The van der Waals surface area contributed by atoms with Crippen LogP contribution in [0.5, 0.6) is 5.75 Å². The molecule has 0 atom stereocenters. The van der Waals surface area contributed by atoms with E-state index in [2.05, 4.69) is 4.72 Å². The van der Waals surface area contributed by atoms with Crippen LogP contribution in [-0.2, 0) is 10.0 Å². The Kier molecular flexibility index (Phi) is 4.57. The largest absolute Gasteiger partial charge is 0.868 e. The summed E-state index contributed by atoms with van der Waals surface area (Å²) in [7, 11) is -4.01. The van der Waals surface area contributed by atoms with Crippen LogP contribution >= 0.6 is 11.8 Å². The highest BCUT2D eigenvalue weighted by atomic mass is 32.2. The number of nitrogens with one attached hydrogen (secondary N) is 1.